The molecule has 4 atom stereocenters. The fourth-order valence-electron chi connectivity index (χ4n) is 3.24. The van der Waals surface area contributed by atoms with Crippen LogP contribution in [0, 0.1) is 5.92 Å². The van der Waals surface area contributed by atoms with E-state index in [-0.39, 0.29) is 23.3 Å². The van der Waals surface area contributed by atoms with E-state index in [1.54, 1.807) is 12.2 Å². The van der Waals surface area contributed by atoms with Crippen molar-refractivity contribution in [3.05, 3.63) is 47.6 Å². The topological polar surface area (TPSA) is 99.1 Å². The van der Waals surface area contributed by atoms with Crippen LogP contribution in [0.1, 0.15) is 19.8 Å². The number of hydrogen-bond acceptors (Lipinski definition) is 7. The van der Waals surface area contributed by atoms with Crippen LogP contribution < -0.4 is 0 Å². The van der Waals surface area contributed by atoms with E-state index in [9.17, 15) is 19.5 Å². The first-order chi connectivity index (χ1) is 12.8. The lowest BCUT2D eigenvalue weighted by atomic mass is 9.83. The molecule has 0 saturated carbocycles. The largest absolute Gasteiger partial charge is 0.455 e. The van der Waals surface area contributed by atoms with Crippen molar-refractivity contribution >= 4 is 18.2 Å². The molecule has 7 nitrogen and oxygen atoms in total. The number of fused-ring (bicyclic) bond motifs is 1. The average Bonchev–Trinajstić information content (AvgIpc) is 2.92. The predicted octanol–water partition coefficient (Wildman–Crippen LogP) is 1.42. The van der Waals surface area contributed by atoms with E-state index >= 15 is 0 Å². The van der Waals surface area contributed by atoms with Crippen LogP contribution in [0.2, 0.25) is 0 Å². The maximum Gasteiger partial charge on any atom is 0.334 e. The fourth-order valence-corrected chi connectivity index (χ4v) is 3.24. The third-order valence-electron chi connectivity index (χ3n) is 4.67. The molecule has 1 fully saturated rings. The Morgan fingerprint density at radius 2 is 2.19 bits per heavy atom. The van der Waals surface area contributed by atoms with Crippen molar-refractivity contribution in [3.8, 4) is 0 Å². The van der Waals surface area contributed by atoms with Crippen molar-refractivity contribution in [1.82, 2.24) is 0 Å². The van der Waals surface area contributed by atoms with Crippen molar-refractivity contribution in [3.63, 3.8) is 0 Å². The van der Waals surface area contributed by atoms with E-state index in [0.29, 0.717) is 24.7 Å². The summed E-state index contributed by atoms with van der Waals surface area (Å²) in [6, 6.07) is 0. The fraction of sp³-hybridized carbons (Fsp3) is 0.450. The van der Waals surface area contributed by atoms with Gasteiger partial charge >= 0.3 is 11.9 Å². The lowest BCUT2D eigenvalue weighted by Crippen LogP contribution is -2.44. The molecule has 0 radical (unpaired) electrons. The molecule has 1 heterocycles. The van der Waals surface area contributed by atoms with E-state index < -0.39 is 36.2 Å². The Morgan fingerprint density at radius 1 is 1.48 bits per heavy atom. The summed E-state index contributed by atoms with van der Waals surface area (Å²) < 4.78 is 16.4. The van der Waals surface area contributed by atoms with E-state index in [4.69, 9.17) is 14.2 Å². The molecule has 0 bridgehead atoms. The van der Waals surface area contributed by atoms with Crippen LogP contribution in [-0.2, 0) is 28.6 Å². The number of rotatable bonds is 5. The lowest BCUT2D eigenvalue weighted by molar-refractivity contribution is -0.155. The van der Waals surface area contributed by atoms with Gasteiger partial charge in [0.15, 0.2) is 0 Å². The third-order valence-corrected chi connectivity index (χ3v) is 4.67. The number of esters is 2. The number of allylic oxidation sites excluding steroid dienone is 1. The SMILES string of the molecule is C=C(C)C(=O)OC1C(OC)C(C=O)=CCCC(CO)=CC2OC(=O)C(=C)C21. The molecule has 1 aliphatic carbocycles. The molecule has 4 unspecified atom stereocenters. The Labute approximate surface area is 158 Å². The number of ether oxygens (including phenoxy) is 3. The minimum atomic E-state index is -1.03. The minimum absolute atomic E-state index is 0.112. The van der Waals surface area contributed by atoms with Gasteiger partial charge in [-0.2, -0.15) is 0 Å². The summed E-state index contributed by atoms with van der Waals surface area (Å²) in [5.41, 5.74) is 1.20. The van der Waals surface area contributed by atoms with Gasteiger partial charge in [0.05, 0.1) is 12.5 Å². The highest BCUT2D eigenvalue weighted by atomic mass is 16.6. The summed E-state index contributed by atoms with van der Waals surface area (Å²) in [7, 11) is 1.39. The number of aliphatic hydroxyl groups is 1. The molecule has 0 aromatic carbocycles. The van der Waals surface area contributed by atoms with E-state index in [1.165, 1.54) is 14.0 Å². The van der Waals surface area contributed by atoms with Gasteiger partial charge in [0.1, 0.15) is 24.6 Å². The number of aliphatic hydroxyl groups excluding tert-OH is 1. The van der Waals surface area contributed by atoms with Crippen LogP contribution in [-0.4, -0.2) is 55.4 Å². The van der Waals surface area contributed by atoms with Crippen molar-refractivity contribution < 1.29 is 33.7 Å². The average molecular weight is 376 g/mol. The number of methoxy groups -OCH3 is 1. The second kappa shape index (κ2) is 8.92. The molecule has 1 N–H and O–H groups in total. The van der Waals surface area contributed by atoms with Gasteiger partial charge < -0.3 is 19.3 Å². The van der Waals surface area contributed by atoms with Crippen molar-refractivity contribution in [1.29, 1.82) is 0 Å². The summed E-state index contributed by atoms with van der Waals surface area (Å²) in [6.07, 6.45) is 2.17. The first kappa shape index (κ1) is 20.8. The maximum absolute atomic E-state index is 12.2. The standard InChI is InChI=1S/C20H24O7/c1-11(2)19(23)27-18-16-12(3)20(24)26-15(16)8-13(9-21)6-5-7-14(10-22)17(18)25-4/h7-8,10,15-18,21H,1,3,5-6,9H2,2,4H3. The molecule has 146 valence electrons. The van der Waals surface area contributed by atoms with Crippen molar-refractivity contribution in [2.24, 2.45) is 5.92 Å². The zero-order valence-corrected chi connectivity index (χ0v) is 15.5. The molecule has 2 rings (SSSR count). The second-order valence-electron chi connectivity index (χ2n) is 6.57. The predicted molar refractivity (Wildman–Crippen MR) is 96.6 cm³/mol. The van der Waals surface area contributed by atoms with Crippen LogP contribution in [0.3, 0.4) is 0 Å². The maximum atomic E-state index is 12.2. The van der Waals surface area contributed by atoms with Gasteiger partial charge in [0.25, 0.3) is 0 Å². The molecule has 7 heteroatoms. The molecule has 0 aromatic heterocycles. The summed E-state index contributed by atoms with van der Waals surface area (Å²) >= 11 is 0. The molecule has 0 amide bonds. The Balaban J connectivity index is 2.59. The van der Waals surface area contributed by atoms with E-state index in [1.807, 2.05) is 0 Å². The molecule has 0 spiro atoms. The second-order valence-corrected chi connectivity index (χ2v) is 6.57. The van der Waals surface area contributed by atoms with Crippen LogP contribution in [0.25, 0.3) is 0 Å². The van der Waals surface area contributed by atoms with Crippen molar-refractivity contribution in [2.45, 2.75) is 38.1 Å². The lowest BCUT2D eigenvalue weighted by Gasteiger charge is -2.32. The molecular weight excluding hydrogens is 352 g/mol. The normalized spacial score (nSPS) is 28.4. The molecule has 27 heavy (non-hydrogen) atoms. The highest BCUT2D eigenvalue weighted by Crippen LogP contribution is 2.37. The Morgan fingerprint density at radius 3 is 2.74 bits per heavy atom. The summed E-state index contributed by atoms with van der Waals surface area (Å²) in [4.78, 5) is 36.0. The van der Waals surface area contributed by atoms with Crippen LogP contribution in [0.5, 0.6) is 0 Å². The van der Waals surface area contributed by atoms with Crippen LogP contribution >= 0.6 is 0 Å². The molecule has 1 aliphatic heterocycles. The molecular formula is C20H24O7. The van der Waals surface area contributed by atoms with Gasteiger partial charge in [0, 0.05) is 23.8 Å². The number of hydrogen-bond donors (Lipinski definition) is 1. The number of carbonyl (C=O) groups is 3. The number of aldehydes is 1. The zero-order chi connectivity index (χ0) is 20.1. The highest BCUT2D eigenvalue weighted by Gasteiger charge is 2.48. The molecule has 1 saturated heterocycles. The third kappa shape index (κ3) is 4.43. The number of carbonyl (C=O) groups excluding carboxylic acids is 3. The van der Waals surface area contributed by atoms with Crippen molar-refractivity contribution in [2.75, 3.05) is 13.7 Å². The summed E-state index contributed by atoms with van der Waals surface area (Å²) in [5, 5.41) is 9.58. The van der Waals surface area contributed by atoms with E-state index in [0.717, 1.165) is 0 Å². The quantitative estimate of drug-likeness (QED) is 0.335. The summed E-state index contributed by atoms with van der Waals surface area (Å²) in [6.45, 7) is 8.61. The first-order valence-corrected chi connectivity index (χ1v) is 8.58. The molecule has 2 aliphatic rings. The van der Waals surface area contributed by atoms with Gasteiger partial charge in [-0.05, 0) is 31.4 Å². The zero-order valence-electron chi connectivity index (χ0n) is 15.5. The van der Waals surface area contributed by atoms with Gasteiger partial charge in [-0.15, -0.1) is 0 Å². The van der Waals surface area contributed by atoms with Gasteiger partial charge in [-0.3, -0.25) is 4.79 Å². The minimum Gasteiger partial charge on any atom is -0.455 e. The van der Waals surface area contributed by atoms with Crippen LogP contribution in [0.4, 0.5) is 0 Å². The van der Waals surface area contributed by atoms with Gasteiger partial charge in [-0.1, -0.05) is 19.2 Å². The Bertz CT molecular complexity index is 716. The Hall–Kier alpha value is -2.51. The Kier molecular flexibility index (Phi) is 6.87. The summed E-state index contributed by atoms with van der Waals surface area (Å²) in [5.74, 6) is -2.07. The molecule has 0 aromatic rings. The van der Waals surface area contributed by atoms with E-state index in [2.05, 4.69) is 13.2 Å². The van der Waals surface area contributed by atoms with Gasteiger partial charge in [0.2, 0.25) is 0 Å². The van der Waals surface area contributed by atoms with Crippen LogP contribution in [0.15, 0.2) is 47.6 Å². The first-order valence-electron chi connectivity index (χ1n) is 8.58. The monoisotopic (exact) mass is 376 g/mol. The van der Waals surface area contributed by atoms with Gasteiger partial charge in [-0.25, -0.2) is 9.59 Å². The smallest absolute Gasteiger partial charge is 0.334 e. The highest BCUT2D eigenvalue weighted by molar-refractivity contribution is 5.92.